The van der Waals surface area contributed by atoms with Crippen LogP contribution in [0.5, 0.6) is 0 Å². The first-order valence-corrected chi connectivity index (χ1v) is 6.93. The Kier molecular flexibility index (Phi) is 7.86. The average Bonchev–Trinajstić information content (AvgIpc) is 2.43. The third-order valence-corrected chi connectivity index (χ3v) is 2.89. The molecule has 0 aliphatic rings. The van der Waals surface area contributed by atoms with Gasteiger partial charge in [0.1, 0.15) is 6.61 Å². The number of amides is 1. The molecule has 1 rings (SSSR count). The predicted octanol–water partition coefficient (Wildman–Crippen LogP) is 2.68. The summed E-state index contributed by atoms with van der Waals surface area (Å²) < 4.78 is 5.34. The molecule has 0 saturated carbocycles. The molecule has 0 bridgehead atoms. The van der Waals surface area contributed by atoms with Crippen molar-refractivity contribution in [3.05, 3.63) is 29.8 Å². The Labute approximate surface area is 115 Å². The van der Waals surface area contributed by atoms with E-state index in [-0.39, 0.29) is 12.5 Å². The zero-order valence-electron chi connectivity index (χ0n) is 11.7. The fraction of sp³-hybridized carbons (Fsp3) is 0.533. The van der Waals surface area contributed by atoms with Gasteiger partial charge in [0.05, 0.1) is 0 Å². The molecule has 0 aliphatic heterocycles. The summed E-state index contributed by atoms with van der Waals surface area (Å²) in [6.45, 7) is 3.33. The zero-order valence-corrected chi connectivity index (χ0v) is 11.7. The maximum atomic E-state index is 11.7. The van der Waals surface area contributed by atoms with Gasteiger partial charge in [-0.05, 0) is 18.1 Å². The second-order valence-corrected chi connectivity index (χ2v) is 4.52. The summed E-state index contributed by atoms with van der Waals surface area (Å²) in [6, 6.07) is 7.53. The van der Waals surface area contributed by atoms with Crippen LogP contribution in [-0.2, 0) is 16.1 Å². The van der Waals surface area contributed by atoms with Gasteiger partial charge < -0.3 is 15.8 Å². The SMILES string of the molecule is CCCCCCOCC(=O)Nc1ccccc1CN. The van der Waals surface area contributed by atoms with E-state index in [9.17, 15) is 4.79 Å². The summed E-state index contributed by atoms with van der Waals surface area (Å²) in [6.07, 6.45) is 4.60. The third kappa shape index (κ3) is 6.36. The number of hydrogen-bond acceptors (Lipinski definition) is 3. The minimum Gasteiger partial charge on any atom is -0.372 e. The van der Waals surface area contributed by atoms with Crippen LogP contribution < -0.4 is 11.1 Å². The Morgan fingerprint density at radius 2 is 2.05 bits per heavy atom. The van der Waals surface area contributed by atoms with Gasteiger partial charge in [0.2, 0.25) is 5.91 Å². The van der Waals surface area contributed by atoms with E-state index >= 15 is 0 Å². The number of unbranched alkanes of at least 4 members (excludes halogenated alkanes) is 3. The van der Waals surface area contributed by atoms with Crippen molar-refractivity contribution in [3.8, 4) is 0 Å². The highest BCUT2D eigenvalue weighted by molar-refractivity contribution is 5.92. The summed E-state index contributed by atoms with van der Waals surface area (Å²) in [5.41, 5.74) is 7.31. The normalized spacial score (nSPS) is 10.4. The Bertz CT molecular complexity index is 380. The highest BCUT2D eigenvalue weighted by Crippen LogP contribution is 2.13. The lowest BCUT2D eigenvalue weighted by Gasteiger charge is -2.09. The minimum atomic E-state index is -0.128. The number of carbonyl (C=O) groups is 1. The van der Waals surface area contributed by atoms with Crippen LogP contribution in [0, 0.1) is 0 Å². The van der Waals surface area contributed by atoms with Crippen molar-refractivity contribution in [1.29, 1.82) is 0 Å². The molecule has 0 heterocycles. The van der Waals surface area contributed by atoms with Gasteiger partial charge in [-0.2, -0.15) is 0 Å². The number of ether oxygens (including phenoxy) is 1. The summed E-state index contributed by atoms with van der Waals surface area (Å²) in [5, 5.41) is 2.82. The Morgan fingerprint density at radius 1 is 1.26 bits per heavy atom. The van der Waals surface area contributed by atoms with Crippen molar-refractivity contribution in [2.45, 2.75) is 39.2 Å². The molecule has 0 saturated heterocycles. The van der Waals surface area contributed by atoms with Gasteiger partial charge in [0, 0.05) is 18.8 Å². The van der Waals surface area contributed by atoms with E-state index in [1.165, 1.54) is 12.8 Å². The van der Waals surface area contributed by atoms with E-state index in [2.05, 4.69) is 12.2 Å². The number of hydrogen-bond donors (Lipinski definition) is 2. The summed E-state index contributed by atoms with van der Waals surface area (Å²) in [4.78, 5) is 11.7. The second-order valence-electron chi connectivity index (χ2n) is 4.52. The Hall–Kier alpha value is -1.39. The minimum absolute atomic E-state index is 0.102. The average molecular weight is 264 g/mol. The molecule has 0 aromatic heterocycles. The van der Waals surface area contributed by atoms with Gasteiger partial charge in [0.25, 0.3) is 0 Å². The maximum Gasteiger partial charge on any atom is 0.250 e. The number of para-hydroxylation sites is 1. The highest BCUT2D eigenvalue weighted by atomic mass is 16.5. The summed E-state index contributed by atoms with van der Waals surface area (Å²) in [7, 11) is 0. The van der Waals surface area contributed by atoms with E-state index in [0.29, 0.717) is 13.2 Å². The summed E-state index contributed by atoms with van der Waals surface area (Å²) in [5.74, 6) is -0.128. The Balaban J connectivity index is 2.23. The van der Waals surface area contributed by atoms with Crippen LogP contribution in [0.15, 0.2) is 24.3 Å². The number of benzene rings is 1. The van der Waals surface area contributed by atoms with Crippen molar-refractivity contribution in [2.75, 3.05) is 18.5 Å². The third-order valence-electron chi connectivity index (χ3n) is 2.89. The number of rotatable bonds is 9. The molecular weight excluding hydrogens is 240 g/mol. The monoisotopic (exact) mass is 264 g/mol. The molecular formula is C15H24N2O2. The van der Waals surface area contributed by atoms with E-state index in [1.54, 1.807) is 0 Å². The quantitative estimate of drug-likeness (QED) is 0.674. The molecule has 3 N–H and O–H groups in total. The van der Waals surface area contributed by atoms with Crippen molar-refractivity contribution < 1.29 is 9.53 Å². The largest absolute Gasteiger partial charge is 0.372 e. The lowest BCUT2D eigenvalue weighted by Crippen LogP contribution is -2.20. The van der Waals surface area contributed by atoms with Crippen LogP contribution in [0.25, 0.3) is 0 Å². The van der Waals surface area contributed by atoms with Gasteiger partial charge in [0.15, 0.2) is 0 Å². The first-order valence-electron chi connectivity index (χ1n) is 6.93. The molecule has 1 amide bonds. The molecule has 0 fully saturated rings. The number of nitrogens with two attached hydrogens (primary N) is 1. The number of nitrogens with one attached hydrogen (secondary N) is 1. The van der Waals surface area contributed by atoms with Crippen molar-refractivity contribution in [2.24, 2.45) is 5.73 Å². The molecule has 1 aromatic rings. The van der Waals surface area contributed by atoms with Crippen LogP contribution in [0.3, 0.4) is 0 Å². The summed E-state index contributed by atoms with van der Waals surface area (Å²) >= 11 is 0. The second kappa shape index (κ2) is 9.53. The lowest BCUT2D eigenvalue weighted by atomic mass is 10.2. The lowest BCUT2D eigenvalue weighted by molar-refractivity contribution is -0.120. The van der Waals surface area contributed by atoms with E-state index in [0.717, 1.165) is 24.1 Å². The highest BCUT2D eigenvalue weighted by Gasteiger charge is 2.05. The molecule has 4 nitrogen and oxygen atoms in total. The zero-order chi connectivity index (χ0) is 13.9. The number of anilines is 1. The van der Waals surface area contributed by atoms with Gasteiger partial charge in [-0.1, -0.05) is 44.4 Å². The maximum absolute atomic E-state index is 11.7. The topological polar surface area (TPSA) is 64.3 Å². The van der Waals surface area contributed by atoms with Crippen molar-refractivity contribution in [3.63, 3.8) is 0 Å². The van der Waals surface area contributed by atoms with Crippen molar-refractivity contribution >= 4 is 11.6 Å². The van der Waals surface area contributed by atoms with Crippen molar-refractivity contribution in [1.82, 2.24) is 0 Å². The standard InChI is InChI=1S/C15H24N2O2/c1-2-3-4-7-10-19-12-15(18)17-14-9-6-5-8-13(14)11-16/h5-6,8-9H,2-4,7,10-12,16H2,1H3,(H,17,18). The molecule has 0 unspecified atom stereocenters. The van der Waals surface area contributed by atoms with Crippen LogP contribution >= 0.6 is 0 Å². The molecule has 0 aliphatic carbocycles. The van der Waals surface area contributed by atoms with Crippen LogP contribution in [0.4, 0.5) is 5.69 Å². The molecule has 106 valence electrons. The van der Waals surface area contributed by atoms with Crippen LogP contribution in [-0.4, -0.2) is 19.1 Å². The fourth-order valence-electron chi connectivity index (χ4n) is 1.80. The molecule has 4 heteroatoms. The number of carbonyl (C=O) groups excluding carboxylic acids is 1. The molecule has 0 atom stereocenters. The van der Waals surface area contributed by atoms with E-state index < -0.39 is 0 Å². The van der Waals surface area contributed by atoms with Gasteiger partial charge in [-0.3, -0.25) is 4.79 Å². The van der Waals surface area contributed by atoms with E-state index in [4.69, 9.17) is 10.5 Å². The van der Waals surface area contributed by atoms with Crippen LogP contribution in [0.1, 0.15) is 38.2 Å². The molecule has 0 spiro atoms. The fourth-order valence-corrected chi connectivity index (χ4v) is 1.80. The molecule has 19 heavy (non-hydrogen) atoms. The first kappa shape index (κ1) is 15.7. The van der Waals surface area contributed by atoms with Gasteiger partial charge in [-0.25, -0.2) is 0 Å². The van der Waals surface area contributed by atoms with E-state index in [1.807, 2.05) is 24.3 Å². The molecule has 0 radical (unpaired) electrons. The smallest absolute Gasteiger partial charge is 0.250 e. The Morgan fingerprint density at radius 3 is 2.79 bits per heavy atom. The van der Waals surface area contributed by atoms with Crippen LogP contribution in [0.2, 0.25) is 0 Å². The predicted molar refractivity (Wildman–Crippen MR) is 77.9 cm³/mol. The first-order chi connectivity index (χ1) is 9.27. The molecule has 1 aromatic carbocycles. The van der Waals surface area contributed by atoms with Gasteiger partial charge >= 0.3 is 0 Å². The van der Waals surface area contributed by atoms with Gasteiger partial charge in [-0.15, -0.1) is 0 Å².